The summed E-state index contributed by atoms with van der Waals surface area (Å²) in [4.78, 5) is 11.6. The summed E-state index contributed by atoms with van der Waals surface area (Å²) in [5, 5.41) is 0. The Morgan fingerprint density at radius 2 is 1.95 bits per heavy atom. The first-order chi connectivity index (χ1) is 10.2. The summed E-state index contributed by atoms with van der Waals surface area (Å²) in [6.45, 7) is 4.41. The fourth-order valence-corrected chi connectivity index (χ4v) is 1.59. The lowest BCUT2D eigenvalue weighted by molar-refractivity contribution is -0.148. The fourth-order valence-electron chi connectivity index (χ4n) is 1.59. The quantitative estimate of drug-likeness (QED) is 0.587. The van der Waals surface area contributed by atoms with Gasteiger partial charge in [0.05, 0.1) is 6.61 Å². The predicted octanol–water partition coefficient (Wildman–Crippen LogP) is 4.04. The SMILES string of the molecule is CCOc1cc(/C=C/C(=O)OC(C)(C)C)ccc1OC(F)F. The van der Waals surface area contributed by atoms with Gasteiger partial charge in [-0.2, -0.15) is 8.78 Å². The fraction of sp³-hybridized carbons (Fsp3) is 0.438. The molecule has 0 saturated heterocycles. The Kier molecular flexibility index (Phi) is 6.34. The summed E-state index contributed by atoms with van der Waals surface area (Å²) in [6.07, 6.45) is 2.78. The Labute approximate surface area is 128 Å². The van der Waals surface area contributed by atoms with Crippen LogP contribution in [0.25, 0.3) is 6.08 Å². The van der Waals surface area contributed by atoms with Crippen molar-refractivity contribution in [2.45, 2.75) is 39.9 Å². The number of alkyl halides is 2. The van der Waals surface area contributed by atoms with Crippen molar-refractivity contribution in [2.24, 2.45) is 0 Å². The molecule has 122 valence electrons. The maximum absolute atomic E-state index is 12.3. The van der Waals surface area contributed by atoms with Gasteiger partial charge in [0.1, 0.15) is 5.60 Å². The first kappa shape index (κ1) is 17.9. The highest BCUT2D eigenvalue weighted by atomic mass is 19.3. The van der Waals surface area contributed by atoms with Crippen molar-refractivity contribution in [2.75, 3.05) is 6.61 Å². The normalized spacial score (nSPS) is 11.8. The largest absolute Gasteiger partial charge is 0.490 e. The van der Waals surface area contributed by atoms with Gasteiger partial charge in [0.2, 0.25) is 0 Å². The minimum atomic E-state index is -2.93. The Hall–Kier alpha value is -2.11. The molecular weight excluding hydrogens is 294 g/mol. The molecule has 0 aliphatic rings. The zero-order valence-corrected chi connectivity index (χ0v) is 13.1. The molecule has 0 aromatic heterocycles. The highest BCUT2D eigenvalue weighted by molar-refractivity contribution is 5.87. The van der Waals surface area contributed by atoms with Gasteiger partial charge in [0.15, 0.2) is 11.5 Å². The van der Waals surface area contributed by atoms with Gasteiger partial charge in [0, 0.05) is 6.08 Å². The summed E-state index contributed by atoms with van der Waals surface area (Å²) in [7, 11) is 0. The number of hydrogen-bond donors (Lipinski definition) is 0. The highest BCUT2D eigenvalue weighted by Crippen LogP contribution is 2.30. The molecule has 0 bridgehead atoms. The Morgan fingerprint density at radius 3 is 2.50 bits per heavy atom. The van der Waals surface area contributed by atoms with E-state index in [9.17, 15) is 13.6 Å². The molecular formula is C16H20F2O4. The second-order valence-electron chi connectivity index (χ2n) is 5.38. The van der Waals surface area contributed by atoms with Gasteiger partial charge in [-0.3, -0.25) is 0 Å². The molecule has 4 nitrogen and oxygen atoms in total. The van der Waals surface area contributed by atoms with E-state index in [1.165, 1.54) is 24.3 Å². The maximum Gasteiger partial charge on any atom is 0.387 e. The number of ether oxygens (including phenoxy) is 3. The molecule has 0 unspecified atom stereocenters. The van der Waals surface area contributed by atoms with Crippen LogP contribution in [0.15, 0.2) is 24.3 Å². The van der Waals surface area contributed by atoms with Crippen LogP contribution in [0, 0.1) is 0 Å². The zero-order chi connectivity index (χ0) is 16.8. The van der Waals surface area contributed by atoms with Gasteiger partial charge in [-0.25, -0.2) is 4.79 Å². The van der Waals surface area contributed by atoms with Crippen LogP contribution < -0.4 is 9.47 Å². The molecule has 22 heavy (non-hydrogen) atoms. The number of rotatable bonds is 6. The number of benzene rings is 1. The van der Waals surface area contributed by atoms with Crippen LogP contribution in [0.1, 0.15) is 33.3 Å². The minimum Gasteiger partial charge on any atom is -0.490 e. The van der Waals surface area contributed by atoms with Crippen LogP contribution in [0.2, 0.25) is 0 Å². The summed E-state index contributed by atoms with van der Waals surface area (Å²) >= 11 is 0. The van der Waals surface area contributed by atoms with E-state index in [2.05, 4.69) is 4.74 Å². The molecule has 0 saturated carbocycles. The molecule has 0 aliphatic heterocycles. The zero-order valence-electron chi connectivity index (χ0n) is 13.1. The summed E-state index contributed by atoms with van der Waals surface area (Å²) in [5.41, 5.74) is 0.0308. The molecule has 0 fully saturated rings. The molecule has 0 heterocycles. The van der Waals surface area contributed by atoms with Crippen LogP contribution in [0.5, 0.6) is 11.5 Å². The molecule has 0 radical (unpaired) electrons. The smallest absolute Gasteiger partial charge is 0.387 e. The van der Waals surface area contributed by atoms with Gasteiger partial charge in [0.25, 0.3) is 0 Å². The third-order valence-corrected chi connectivity index (χ3v) is 2.30. The van der Waals surface area contributed by atoms with Crippen LogP contribution in [-0.4, -0.2) is 24.8 Å². The van der Waals surface area contributed by atoms with E-state index in [4.69, 9.17) is 9.47 Å². The Balaban J connectivity index is 2.87. The van der Waals surface area contributed by atoms with Crippen molar-refractivity contribution in [3.8, 4) is 11.5 Å². The van der Waals surface area contributed by atoms with Gasteiger partial charge in [-0.1, -0.05) is 6.07 Å². The monoisotopic (exact) mass is 314 g/mol. The van der Waals surface area contributed by atoms with E-state index in [1.807, 2.05) is 0 Å². The standard InChI is InChI=1S/C16H20F2O4/c1-5-20-13-10-11(6-8-12(13)21-15(17)18)7-9-14(19)22-16(2,3)4/h6-10,15H,5H2,1-4H3/b9-7+. The Bertz CT molecular complexity index is 533. The van der Waals surface area contributed by atoms with Gasteiger partial charge in [-0.15, -0.1) is 0 Å². The first-order valence-corrected chi connectivity index (χ1v) is 6.84. The molecule has 0 amide bonds. The van der Waals surface area contributed by atoms with E-state index in [1.54, 1.807) is 33.8 Å². The molecule has 0 N–H and O–H groups in total. The first-order valence-electron chi connectivity index (χ1n) is 6.84. The summed E-state index contributed by atoms with van der Waals surface area (Å²) in [5.74, 6) is -0.348. The molecule has 6 heteroatoms. The lowest BCUT2D eigenvalue weighted by atomic mass is 10.2. The van der Waals surface area contributed by atoms with Crippen LogP contribution in [0.4, 0.5) is 8.78 Å². The second kappa shape index (κ2) is 7.77. The summed E-state index contributed by atoms with van der Waals surface area (Å²) < 4.78 is 39.4. The Morgan fingerprint density at radius 1 is 1.27 bits per heavy atom. The topological polar surface area (TPSA) is 44.8 Å². The lowest BCUT2D eigenvalue weighted by Gasteiger charge is -2.17. The summed E-state index contributed by atoms with van der Waals surface area (Å²) in [6, 6.07) is 4.43. The maximum atomic E-state index is 12.3. The van der Waals surface area contributed by atoms with Crippen molar-refractivity contribution in [1.82, 2.24) is 0 Å². The van der Waals surface area contributed by atoms with Gasteiger partial charge in [-0.05, 0) is 51.5 Å². The molecule has 1 aromatic rings. The van der Waals surface area contributed by atoms with Crippen LogP contribution in [-0.2, 0) is 9.53 Å². The van der Waals surface area contributed by atoms with E-state index >= 15 is 0 Å². The second-order valence-corrected chi connectivity index (χ2v) is 5.38. The predicted molar refractivity (Wildman–Crippen MR) is 79.1 cm³/mol. The lowest BCUT2D eigenvalue weighted by Crippen LogP contribution is -2.22. The average Bonchev–Trinajstić information content (AvgIpc) is 2.37. The van der Waals surface area contributed by atoms with Crippen molar-refractivity contribution in [3.05, 3.63) is 29.8 Å². The van der Waals surface area contributed by atoms with E-state index in [-0.39, 0.29) is 11.5 Å². The van der Waals surface area contributed by atoms with Crippen molar-refractivity contribution in [1.29, 1.82) is 0 Å². The van der Waals surface area contributed by atoms with Crippen molar-refractivity contribution >= 4 is 12.0 Å². The van der Waals surface area contributed by atoms with Crippen molar-refractivity contribution in [3.63, 3.8) is 0 Å². The number of esters is 1. The number of halogens is 2. The average molecular weight is 314 g/mol. The highest BCUT2D eigenvalue weighted by Gasteiger charge is 2.14. The number of carbonyl (C=O) groups excluding carboxylic acids is 1. The van der Waals surface area contributed by atoms with Crippen molar-refractivity contribution < 1.29 is 27.8 Å². The van der Waals surface area contributed by atoms with E-state index < -0.39 is 18.2 Å². The third-order valence-electron chi connectivity index (χ3n) is 2.30. The molecule has 0 aliphatic carbocycles. The molecule has 1 aromatic carbocycles. The third kappa shape index (κ3) is 6.56. The minimum absolute atomic E-state index is 0.0498. The molecule has 0 atom stereocenters. The van der Waals surface area contributed by atoms with Gasteiger partial charge < -0.3 is 14.2 Å². The van der Waals surface area contributed by atoms with E-state index in [0.29, 0.717) is 12.2 Å². The number of carbonyl (C=O) groups is 1. The van der Waals surface area contributed by atoms with E-state index in [0.717, 1.165) is 0 Å². The molecule has 0 spiro atoms. The van der Waals surface area contributed by atoms with Crippen LogP contribution >= 0.6 is 0 Å². The van der Waals surface area contributed by atoms with Crippen LogP contribution in [0.3, 0.4) is 0 Å². The molecule has 1 rings (SSSR count). The van der Waals surface area contributed by atoms with Gasteiger partial charge >= 0.3 is 12.6 Å². The number of hydrogen-bond acceptors (Lipinski definition) is 4.